The highest BCUT2D eigenvalue weighted by molar-refractivity contribution is 6.36. The van der Waals surface area contributed by atoms with Crippen LogP contribution in [0, 0.1) is 0 Å². The van der Waals surface area contributed by atoms with Crippen LogP contribution in [0.5, 0.6) is 0 Å². The van der Waals surface area contributed by atoms with E-state index < -0.39 is 10.8 Å². The van der Waals surface area contributed by atoms with E-state index in [0.717, 1.165) is 54.7 Å². The highest BCUT2D eigenvalue weighted by Gasteiger charge is 2.47. The van der Waals surface area contributed by atoms with Crippen molar-refractivity contribution in [1.29, 1.82) is 0 Å². The minimum atomic E-state index is -0.536. The monoisotopic (exact) mass is 830 g/mol. The molecule has 0 aromatic heterocycles. The van der Waals surface area contributed by atoms with Crippen LogP contribution in [0.3, 0.4) is 0 Å². The SMILES string of the molecule is [B]c1ccc2c(-c3ccc4c(c3)C(c3ccccc3)(c3ccccc3)c3ccccc3-4)c3cc([B])ccc3c(-c3ccc4c(c3)C(c3ccccc3)(c3ccccc3)c3ccccc3-4)c2c1. The van der Waals surface area contributed by atoms with E-state index in [2.05, 4.69) is 231 Å². The molecule has 2 aliphatic carbocycles. The normalized spacial score (nSPS) is 13.8. The van der Waals surface area contributed by atoms with E-state index in [1.54, 1.807) is 0 Å². The van der Waals surface area contributed by atoms with Crippen LogP contribution < -0.4 is 10.9 Å². The Morgan fingerprint density at radius 1 is 0.242 bits per heavy atom. The predicted octanol–water partition coefficient (Wildman–Crippen LogP) is 13.6. The standard InChI is InChI=1S/C64H40B2/c65-47-32-36-54-55(39-47)61(41-29-33-51-49-25-13-15-27-57(49)63(59(51)37-41,43-17-5-1-6-18-43)44-19-7-2-8-20-44)53-35-31-48(66)40-56(53)62(54)42-30-34-52-50-26-14-16-28-58(50)64(60(52)38-42,45-21-9-3-10-22-45)46-23-11-4-12-24-46/h1-40H. The Bertz CT molecular complexity index is 3380. The van der Waals surface area contributed by atoms with Gasteiger partial charge in [-0.25, -0.2) is 0 Å². The van der Waals surface area contributed by atoms with Gasteiger partial charge in [-0.1, -0.05) is 241 Å². The van der Waals surface area contributed by atoms with Crippen molar-refractivity contribution in [1.82, 2.24) is 0 Å². The summed E-state index contributed by atoms with van der Waals surface area (Å²) in [6.07, 6.45) is 0. The maximum absolute atomic E-state index is 6.84. The molecule has 0 saturated carbocycles. The van der Waals surface area contributed by atoms with Crippen LogP contribution in [0.25, 0.3) is 66.1 Å². The molecule has 2 heteroatoms. The predicted molar refractivity (Wildman–Crippen MR) is 278 cm³/mol. The Morgan fingerprint density at radius 2 is 0.561 bits per heavy atom. The van der Waals surface area contributed by atoms with Crippen LogP contribution in [0.4, 0.5) is 0 Å². The Balaban J connectivity index is 1.10. The molecule has 0 bridgehead atoms. The number of benzene rings is 11. The van der Waals surface area contributed by atoms with Gasteiger partial charge in [-0.3, -0.25) is 0 Å². The minimum Gasteiger partial charge on any atom is -0.0960 e. The lowest BCUT2D eigenvalue weighted by atomic mass is 9.67. The Morgan fingerprint density at radius 3 is 0.924 bits per heavy atom. The van der Waals surface area contributed by atoms with Crippen molar-refractivity contribution in [2.45, 2.75) is 10.8 Å². The van der Waals surface area contributed by atoms with Gasteiger partial charge in [0.25, 0.3) is 0 Å². The second-order valence-electron chi connectivity index (χ2n) is 17.9. The van der Waals surface area contributed by atoms with E-state index in [0.29, 0.717) is 0 Å². The molecule has 0 heterocycles. The summed E-state index contributed by atoms with van der Waals surface area (Å²) in [4.78, 5) is 0. The first kappa shape index (κ1) is 38.5. The fraction of sp³-hybridized carbons (Fsp3) is 0.0312. The molecule has 11 aromatic rings. The quantitative estimate of drug-likeness (QED) is 0.116. The summed E-state index contributed by atoms with van der Waals surface area (Å²) >= 11 is 0. The van der Waals surface area contributed by atoms with E-state index in [-0.39, 0.29) is 0 Å². The molecular formula is C64H40B2. The number of fused-ring (bicyclic) bond motifs is 8. The maximum Gasteiger partial charge on any atom is 0.113 e. The van der Waals surface area contributed by atoms with Crippen LogP contribution in [0.15, 0.2) is 243 Å². The molecule has 0 nitrogen and oxygen atoms in total. The lowest BCUT2D eigenvalue weighted by Gasteiger charge is -2.34. The van der Waals surface area contributed by atoms with E-state index in [9.17, 15) is 0 Å². The summed E-state index contributed by atoms with van der Waals surface area (Å²) in [5.74, 6) is 0. The summed E-state index contributed by atoms with van der Waals surface area (Å²) < 4.78 is 0. The average Bonchev–Trinajstić information content (AvgIpc) is 3.84. The third kappa shape index (κ3) is 5.36. The molecule has 0 amide bonds. The molecule has 302 valence electrons. The lowest BCUT2D eigenvalue weighted by molar-refractivity contribution is 0.769. The van der Waals surface area contributed by atoms with Crippen molar-refractivity contribution in [2.24, 2.45) is 0 Å². The first-order chi connectivity index (χ1) is 32.6. The zero-order valence-electron chi connectivity index (χ0n) is 36.2. The maximum atomic E-state index is 6.84. The molecular weight excluding hydrogens is 790 g/mol. The molecule has 4 radical (unpaired) electrons. The molecule has 0 atom stereocenters. The topological polar surface area (TPSA) is 0 Å². The van der Waals surface area contributed by atoms with Crippen molar-refractivity contribution in [3.05, 3.63) is 287 Å². The fourth-order valence-electron chi connectivity index (χ4n) is 12.1. The van der Waals surface area contributed by atoms with Crippen LogP contribution in [-0.4, -0.2) is 15.7 Å². The summed E-state index contributed by atoms with van der Waals surface area (Å²) in [6, 6.07) is 89.1. The van der Waals surface area contributed by atoms with E-state index in [1.165, 1.54) is 66.8 Å². The molecule has 13 rings (SSSR count). The highest BCUT2D eigenvalue weighted by Crippen LogP contribution is 2.59. The van der Waals surface area contributed by atoms with Crippen LogP contribution in [-0.2, 0) is 10.8 Å². The third-order valence-electron chi connectivity index (χ3n) is 14.7. The smallest absolute Gasteiger partial charge is 0.0960 e. The second kappa shape index (κ2) is 14.8. The molecule has 0 saturated heterocycles. The summed E-state index contributed by atoms with van der Waals surface area (Å²) in [7, 11) is 13.7. The molecule has 0 unspecified atom stereocenters. The fourth-order valence-corrected chi connectivity index (χ4v) is 12.1. The summed E-state index contributed by atoms with van der Waals surface area (Å²) in [6.45, 7) is 0. The summed E-state index contributed by atoms with van der Waals surface area (Å²) in [5.41, 5.74) is 20.0. The van der Waals surface area contributed by atoms with Gasteiger partial charge in [-0.05, 0) is 123 Å². The van der Waals surface area contributed by atoms with Gasteiger partial charge >= 0.3 is 0 Å². The summed E-state index contributed by atoms with van der Waals surface area (Å²) in [5, 5.41) is 4.45. The van der Waals surface area contributed by atoms with Crippen LogP contribution in [0.1, 0.15) is 44.5 Å². The number of hydrogen-bond donors (Lipinski definition) is 0. The number of rotatable bonds is 6. The van der Waals surface area contributed by atoms with Gasteiger partial charge in [0.15, 0.2) is 0 Å². The minimum absolute atomic E-state index is 0.536. The van der Waals surface area contributed by atoms with Crippen LogP contribution in [0.2, 0.25) is 0 Å². The van der Waals surface area contributed by atoms with E-state index >= 15 is 0 Å². The first-order valence-electron chi connectivity index (χ1n) is 22.8. The zero-order chi connectivity index (χ0) is 44.0. The molecule has 0 N–H and O–H groups in total. The third-order valence-corrected chi connectivity index (χ3v) is 14.7. The Labute approximate surface area is 388 Å². The van der Waals surface area contributed by atoms with Crippen molar-refractivity contribution in [3.63, 3.8) is 0 Å². The largest absolute Gasteiger partial charge is 0.113 e. The van der Waals surface area contributed by atoms with Gasteiger partial charge in [0.2, 0.25) is 0 Å². The van der Waals surface area contributed by atoms with Crippen LogP contribution >= 0.6 is 0 Å². The number of hydrogen-bond acceptors (Lipinski definition) is 0. The zero-order valence-corrected chi connectivity index (χ0v) is 36.2. The molecule has 2 aliphatic rings. The van der Waals surface area contributed by atoms with Crippen molar-refractivity contribution < 1.29 is 0 Å². The van der Waals surface area contributed by atoms with Crippen molar-refractivity contribution in [3.8, 4) is 44.5 Å². The molecule has 0 aliphatic heterocycles. The lowest BCUT2D eigenvalue weighted by Crippen LogP contribution is -2.28. The highest BCUT2D eigenvalue weighted by atomic mass is 14.5. The molecule has 11 aromatic carbocycles. The van der Waals surface area contributed by atoms with Gasteiger partial charge in [-0.15, -0.1) is 0 Å². The molecule has 0 spiro atoms. The van der Waals surface area contributed by atoms with Gasteiger partial charge in [0.1, 0.15) is 15.7 Å². The van der Waals surface area contributed by atoms with Gasteiger partial charge in [0.05, 0.1) is 10.8 Å². The van der Waals surface area contributed by atoms with Crippen molar-refractivity contribution >= 4 is 48.2 Å². The Kier molecular flexibility index (Phi) is 8.64. The van der Waals surface area contributed by atoms with Gasteiger partial charge in [-0.2, -0.15) is 0 Å². The van der Waals surface area contributed by atoms with E-state index in [4.69, 9.17) is 15.7 Å². The van der Waals surface area contributed by atoms with Gasteiger partial charge in [0, 0.05) is 0 Å². The average molecular weight is 831 g/mol. The second-order valence-corrected chi connectivity index (χ2v) is 17.9. The van der Waals surface area contributed by atoms with Gasteiger partial charge < -0.3 is 0 Å². The van der Waals surface area contributed by atoms with Crippen molar-refractivity contribution in [2.75, 3.05) is 0 Å². The Hall–Kier alpha value is -7.93. The molecule has 66 heavy (non-hydrogen) atoms. The first-order valence-corrected chi connectivity index (χ1v) is 22.8. The van der Waals surface area contributed by atoms with E-state index in [1.807, 2.05) is 12.1 Å². The molecule has 0 fully saturated rings.